The van der Waals surface area contributed by atoms with Crippen molar-refractivity contribution in [2.45, 2.75) is 26.1 Å². The van der Waals surface area contributed by atoms with Crippen molar-refractivity contribution in [3.63, 3.8) is 0 Å². The molecule has 0 saturated carbocycles. The molecule has 0 fully saturated rings. The topological polar surface area (TPSA) is 86.8 Å². The number of amides is 2. The maximum atomic E-state index is 13.1. The van der Waals surface area contributed by atoms with Crippen molar-refractivity contribution >= 4 is 21.8 Å². The Bertz CT molecular complexity index is 917. The molecule has 0 spiro atoms. The van der Waals surface area contributed by atoms with Gasteiger partial charge in [-0.1, -0.05) is 60.7 Å². The number of nitrogens with one attached hydrogen (secondary N) is 1. The highest BCUT2D eigenvalue weighted by molar-refractivity contribution is 7.88. The van der Waals surface area contributed by atoms with Crippen LogP contribution >= 0.6 is 0 Å². The van der Waals surface area contributed by atoms with Gasteiger partial charge < -0.3 is 10.2 Å². The molecule has 0 radical (unpaired) electrons. The Hall–Kier alpha value is -2.71. The first-order valence-electron chi connectivity index (χ1n) is 9.26. The molecular weight excluding hydrogens is 390 g/mol. The van der Waals surface area contributed by atoms with Gasteiger partial charge in [-0.25, -0.2) is 8.42 Å². The van der Waals surface area contributed by atoms with E-state index >= 15 is 0 Å². The van der Waals surface area contributed by atoms with Crippen molar-refractivity contribution in [3.8, 4) is 0 Å². The molecule has 1 N–H and O–H groups in total. The zero-order valence-corrected chi connectivity index (χ0v) is 17.7. The van der Waals surface area contributed by atoms with E-state index in [1.807, 2.05) is 48.5 Å². The lowest BCUT2D eigenvalue weighted by atomic mass is 10.1. The molecule has 8 heteroatoms. The number of benzene rings is 2. The summed E-state index contributed by atoms with van der Waals surface area (Å²) in [7, 11) is -2.13. The molecule has 0 aliphatic rings. The van der Waals surface area contributed by atoms with Crippen LogP contribution in [0.15, 0.2) is 60.7 Å². The van der Waals surface area contributed by atoms with Crippen LogP contribution in [-0.4, -0.2) is 55.3 Å². The summed E-state index contributed by atoms with van der Waals surface area (Å²) in [5.74, 6) is -0.755. The van der Waals surface area contributed by atoms with Crippen molar-refractivity contribution < 1.29 is 18.0 Å². The molecule has 0 bridgehead atoms. The molecule has 2 amide bonds. The predicted octanol–water partition coefficient (Wildman–Crippen LogP) is 1.61. The first kappa shape index (κ1) is 22.6. The maximum absolute atomic E-state index is 13.1. The molecule has 2 rings (SSSR count). The number of hydrogen-bond acceptors (Lipinski definition) is 4. The van der Waals surface area contributed by atoms with Gasteiger partial charge in [-0.05, 0) is 18.1 Å². The third-order valence-electron chi connectivity index (χ3n) is 4.59. The van der Waals surface area contributed by atoms with Crippen LogP contribution in [0.2, 0.25) is 0 Å². The number of carbonyl (C=O) groups excluding carboxylic acids is 2. The summed E-state index contributed by atoms with van der Waals surface area (Å²) in [4.78, 5) is 26.7. The second-order valence-corrected chi connectivity index (χ2v) is 8.80. The highest BCUT2D eigenvalue weighted by Crippen LogP contribution is 2.13. The molecule has 7 nitrogen and oxygen atoms in total. The van der Waals surface area contributed by atoms with E-state index in [0.29, 0.717) is 0 Å². The smallest absolute Gasteiger partial charge is 0.242 e. The van der Waals surface area contributed by atoms with Gasteiger partial charge in [0, 0.05) is 20.1 Å². The lowest BCUT2D eigenvalue weighted by Crippen LogP contribution is -2.50. The highest BCUT2D eigenvalue weighted by atomic mass is 32.2. The summed E-state index contributed by atoms with van der Waals surface area (Å²) in [6, 6.07) is 17.6. The first-order chi connectivity index (χ1) is 13.7. The predicted molar refractivity (Wildman–Crippen MR) is 112 cm³/mol. The van der Waals surface area contributed by atoms with Gasteiger partial charge in [-0.2, -0.15) is 4.31 Å². The van der Waals surface area contributed by atoms with E-state index in [4.69, 9.17) is 0 Å². The zero-order valence-electron chi connectivity index (χ0n) is 16.9. The summed E-state index contributed by atoms with van der Waals surface area (Å²) in [6.07, 6.45) is 1.08. The van der Waals surface area contributed by atoms with Gasteiger partial charge in [0.25, 0.3) is 0 Å². The molecule has 0 unspecified atom stereocenters. The Morgan fingerprint density at radius 3 is 1.86 bits per heavy atom. The van der Waals surface area contributed by atoms with Crippen LogP contribution in [0.5, 0.6) is 0 Å². The average Bonchev–Trinajstić information content (AvgIpc) is 2.71. The monoisotopic (exact) mass is 417 g/mol. The standard InChI is InChI=1S/C21H27N3O4S/c1-17(21(26)22-2)24(15-19-12-8-5-9-13-19)20(25)16-23(29(3,27)28)14-18-10-6-4-7-11-18/h4-13,17H,14-16H2,1-3H3,(H,22,26)/t17-/m0/s1. The van der Waals surface area contributed by atoms with Gasteiger partial charge >= 0.3 is 0 Å². The van der Waals surface area contributed by atoms with Crippen molar-refractivity contribution in [2.24, 2.45) is 0 Å². The average molecular weight is 418 g/mol. The number of sulfonamides is 1. The number of hydrogen-bond donors (Lipinski definition) is 1. The Balaban J connectivity index is 2.26. The Morgan fingerprint density at radius 1 is 0.931 bits per heavy atom. The van der Waals surface area contributed by atoms with E-state index < -0.39 is 22.0 Å². The van der Waals surface area contributed by atoms with Crippen LogP contribution in [0.3, 0.4) is 0 Å². The van der Waals surface area contributed by atoms with Gasteiger partial charge in [-0.3, -0.25) is 9.59 Å². The molecule has 29 heavy (non-hydrogen) atoms. The summed E-state index contributed by atoms with van der Waals surface area (Å²) in [5.41, 5.74) is 1.63. The highest BCUT2D eigenvalue weighted by Gasteiger charge is 2.29. The van der Waals surface area contributed by atoms with Crippen LogP contribution in [0, 0.1) is 0 Å². The van der Waals surface area contributed by atoms with Gasteiger partial charge in [0.05, 0.1) is 12.8 Å². The van der Waals surface area contributed by atoms with Crippen LogP contribution in [-0.2, 0) is 32.7 Å². The maximum Gasteiger partial charge on any atom is 0.242 e. The van der Waals surface area contributed by atoms with Crippen molar-refractivity contribution in [1.29, 1.82) is 0 Å². The van der Waals surface area contributed by atoms with Gasteiger partial charge in [0.2, 0.25) is 21.8 Å². The first-order valence-corrected chi connectivity index (χ1v) is 11.1. The minimum absolute atomic E-state index is 0.0823. The van der Waals surface area contributed by atoms with Crippen molar-refractivity contribution in [2.75, 3.05) is 19.8 Å². The lowest BCUT2D eigenvalue weighted by Gasteiger charge is -2.30. The number of nitrogens with zero attached hydrogens (tertiary/aromatic N) is 2. The third-order valence-corrected chi connectivity index (χ3v) is 5.79. The Labute approximate surface area is 172 Å². The van der Waals surface area contributed by atoms with E-state index in [9.17, 15) is 18.0 Å². The van der Waals surface area contributed by atoms with Gasteiger partial charge in [0.15, 0.2) is 0 Å². The van der Waals surface area contributed by atoms with Crippen molar-refractivity contribution in [1.82, 2.24) is 14.5 Å². The molecule has 0 aliphatic heterocycles. The third kappa shape index (κ3) is 6.69. The normalized spacial score (nSPS) is 12.4. The van der Waals surface area contributed by atoms with Crippen molar-refractivity contribution in [3.05, 3.63) is 71.8 Å². The van der Waals surface area contributed by atoms with Crippen LogP contribution < -0.4 is 5.32 Å². The minimum Gasteiger partial charge on any atom is -0.357 e. The van der Waals surface area contributed by atoms with E-state index in [1.165, 1.54) is 11.9 Å². The SMILES string of the molecule is CNC(=O)[C@H](C)N(Cc1ccccc1)C(=O)CN(Cc1ccccc1)S(C)(=O)=O. The van der Waals surface area contributed by atoms with Gasteiger partial charge in [0.1, 0.15) is 6.04 Å². The molecule has 2 aromatic rings. The quantitative estimate of drug-likeness (QED) is 0.672. The number of likely N-dealkylation sites (N-methyl/N-ethyl adjacent to an activating group) is 1. The molecule has 0 aromatic heterocycles. The summed E-state index contributed by atoms with van der Waals surface area (Å²) in [5, 5.41) is 2.54. The van der Waals surface area contributed by atoms with E-state index in [-0.39, 0.29) is 25.5 Å². The Kier molecular flexibility index (Phi) is 7.92. The molecule has 0 saturated heterocycles. The molecular formula is C21H27N3O4S. The Morgan fingerprint density at radius 2 is 1.41 bits per heavy atom. The molecule has 2 aromatic carbocycles. The van der Waals surface area contributed by atoms with Crippen LogP contribution in [0.4, 0.5) is 0 Å². The zero-order chi connectivity index (χ0) is 21.4. The number of rotatable bonds is 9. The minimum atomic E-state index is -3.63. The number of carbonyl (C=O) groups is 2. The van der Waals surface area contributed by atoms with Crippen LogP contribution in [0.1, 0.15) is 18.1 Å². The van der Waals surface area contributed by atoms with Gasteiger partial charge in [-0.15, -0.1) is 0 Å². The molecule has 0 aliphatic carbocycles. The summed E-state index contributed by atoms with van der Waals surface area (Å²) in [6.45, 7) is 1.57. The largest absolute Gasteiger partial charge is 0.357 e. The molecule has 1 atom stereocenters. The van der Waals surface area contributed by atoms with E-state index in [2.05, 4.69) is 5.32 Å². The fourth-order valence-electron chi connectivity index (χ4n) is 2.89. The second kappa shape index (κ2) is 10.2. The fourth-order valence-corrected chi connectivity index (χ4v) is 3.62. The second-order valence-electron chi connectivity index (χ2n) is 6.81. The van der Waals surface area contributed by atoms with Crippen LogP contribution in [0.25, 0.3) is 0 Å². The molecule has 156 valence electrons. The summed E-state index contributed by atoms with van der Waals surface area (Å²) < 4.78 is 25.7. The van der Waals surface area contributed by atoms with E-state index in [0.717, 1.165) is 21.7 Å². The lowest BCUT2D eigenvalue weighted by molar-refractivity contribution is -0.140. The summed E-state index contributed by atoms with van der Waals surface area (Å²) >= 11 is 0. The molecule has 0 heterocycles. The van der Waals surface area contributed by atoms with E-state index in [1.54, 1.807) is 19.1 Å². The fraction of sp³-hybridized carbons (Fsp3) is 0.333.